The van der Waals surface area contributed by atoms with E-state index in [0.717, 1.165) is 6.26 Å². The predicted molar refractivity (Wildman–Crippen MR) is 71.7 cm³/mol. The topological polar surface area (TPSA) is 60.4 Å². The van der Waals surface area contributed by atoms with Gasteiger partial charge in [-0.3, -0.25) is 0 Å². The van der Waals surface area contributed by atoms with Gasteiger partial charge < -0.3 is 0 Å². The van der Waals surface area contributed by atoms with Crippen molar-refractivity contribution in [1.29, 1.82) is 0 Å². The summed E-state index contributed by atoms with van der Waals surface area (Å²) in [6, 6.07) is 4.21. The Morgan fingerprint density at radius 2 is 2.11 bits per heavy atom. The van der Waals surface area contributed by atoms with Crippen LogP contribution in [-0.2, 0) is 17.6 Å². The number of rotatable bonds is 5. The van der Waals surface area contributed by atoms with Crippen molar-refractivity contribution >= 4 is 33.0 Å². The monoisotopic (exact) mass is 349 g/mol. The normalized spacial score (nSPS) is 13.7. The maximum atomic E-state index is 13.8. The molecule has 4 nitrogen and oxygen atoms in total. The fourth-order valence-electron chi connectivity index (χ4n) is 1.45. The Balaban J connectivity index is 2.96. The number of esters is 1. The van der Waals surface area contributed by atoms with Crippen LogP contribution in [-0.4, -0.2) is 41.8 Å². The number of benzene rings is 1. The number of carbonyl (C=O) groups is 1. The van der Waals surface area contributed by atoms with Crippen LogP contribution in [0.1, 0.15) is 25.3 Å². The van der Waals surface area contributed by atoms with Gasteiger partial charge in [0.1, 0.15) is 0 Å². The molecule has 105 valence electrons. The van der Waals surface area contributed by atoms with E-state index in [0.29, 0.717) is 5.56 Å². The van der Waals surface area contributed by atoms with Gasteiger partial charge in [-0.05, 0) is 0 Å². The second-order valence-corrected chi connectivity index (χ2v) is 12.0. The van der Waals surface area contributed by atoms with Crippen molar-refractivity contribution in [1.82, 2.24) is 0 Å². The summed E-state index contributed by atoms with van der Waals surface area (Å²) in [7, 11) is -3.20. The van der Waals surface area contributed by atoms with Crippen molar-refractivity contribution in [3.63, 3.8) is 0 Å². The van der Waals surface area contributed by atoms with Crippen molar-refractivity contribution in [2.45, 2.75) is 19.8 Å². The van der Waals surface area contributed by atoms with Gasteiger partial charge in [0, 0.05) is 0 Å². The van der Waals surface area contributed by atoms with Crippen LogP contribution in [0.3, 0.4) is 0 Å². The summed E-state index contributed by atoms with van der Waals surface area (Å²) in [6.07, 6.45) is 1.08. The van der Waals surface area contributed by atoms with Gasteiger partial charge in [0.25, 0.3) is 0 Å². The first-order valence-corrected chi connectivity index (χ1v) is 10.7. The fourth-order valence-corrected chi connectivity index (χ4v) is 5.43. The molecule has 1 atom stereocenters. The molecular formula is C12H15AsFO4S. The molecular weight excluding hydrogens is 334 g/mol. The van der Waals surface area contributed by atoms with E-state index in [1.165, 1.54) is 12.1 Å². The van der Waals surface area contributed by atoms with Crippen LogP contribution in [0.25, 0.3) is 0 Å². The zero-order chi connectivity index (χ0) is 14.6. The summed E-state index contributed by atoms with van der Waals surface area (Å²) < 4.78 is 41.2. The molecule has 0 aliphatic rings. The zero-order valence-corrected chi connectivity index (χ0v) is 13.6. The molecule has 1 radical (unpaired) electrons. The number of hydrogen-bond acceptors (Lipinski definition) is 4. The molecule has 0 fully saturated rings. The van der Waals surface area contributed by atoms with E-state index >= 15 is 0 Å². The molecule has 0 N–H and O–H groups in total. The molecule has 0 spiro atoms. The molecule has 0 heterocycles. The zero-order valence-electron chi connectivity index (χ0n) is 10.9. The van der Waals surface area contributed by atoms with Gasteiger partial charge in [-0.2, -0.15) is 0 Å². The average molecular weight is 349 g/mol. The molecule has 7 heteroatoms. The Morgan fingerprint density at radius 3 is 2.58 bits per heavy atom. The maximum absolute atomic E-state index is 13.8. The van der Waals surface area contributed by atoms with Gasteiger partial charge in [-0.1, -0.05) is 0 Å². The molecule has 0 bridgehead atoms. The van der Waals surface area contributed by atoms with Crippen molar-refractivity contribution < 1.29 is 22.3 Å². The Hall–Kier alpha value is -0.872. The van der Waals surface area contributed by atoms with Crippen molar-refractivity contribution in [3.05, 3.63) is 29.6 Å². The number of hydrogen-bond donors (Lipinski definition) is 0. The quantitative estimate of drug-likeness (QED) is 0.582. The number of ether oxygens (including phenoxy) is 1. The summed E-state index contributed by atoms with van der Waals surface area (Å²) in [4.78, 5) is 11.5. The van der Waals surface area contributed by atoms with Gasteiger partial charge in [-0.15, -0.1) is 0 Å². The van der Waals surface area contributed by atoms with Crippen LogP contribution in [0, 0.1) is 5.82 Å². The van der Waals surface area contributed by atoms with Gasteiger partial charge >= 0.3 is 118 Å². The van der Waals surface area contributed by atoms with Crippen molar-refractivity contribution in [2.75, 3.05) is 12.9 Å². The van der Waals surface area contributed by atoms with Gasteiger partial charge in [-0.25, -0.2) is 0 Å². The van der Waals surface area contributed by atoms with E-state index < -0.39 is 40.4 Å². The van der Waals surface area contributed by atoms with Gasteiger partial charge in [0.15, 0.2) is 0 Å². The first-order valence-electron chi connectivity index (χ1n) is 5.63. The molecule has 0 saturated carbocycles. The van der Waals surface area contributed by atoms with Crippen molar-refractivity contribution in [3.8, 4) is 0 Å². The van der Waals surface area contributed by atoms with E-state index in [2.05, 4.69) is 0 Å². The van der Waals surface area contributed by atoms with Crippen LogP contribution < -0.4 is 4.35 Å². The Bertz CT molecular complexity index is 571. The van der Waals surface area contributed by atoms with Crippen LogP contribution in [0.4, 0.5) is 4.39 Å². The number of carbonyl (C=O) groups excluding carboxylic acids is 1. The van der Waals surface area contributed by atoms with Crippen LogP contribution in [0.5, 0.6) is 0 Å². The van der Waals surface area contributed by atoms with E-state index in [4.69, 9.17) is 4.74 Å². The molecule has 0 aliphatic carbocycles. The average Bonchev–Trinajstić information content (AvgIpc) is 2.29. The van der Waals surface area contributed by atoms with Gasteiger partial charge in [0.05, 0.1) is 0 Å². The summed E-state index contributed by atoms with van der Waals surface area (Å²) in [5, 5.41) is 0. The SMILES string of the molecule is CCOC(=O)C(C)c1ccc([As]S(C)(=O)=O)c(F)c1. The van der Waals surface area contributed by atoms with E-state index in [9.17, 15) is 17.6 Å². The molecule has 19 heavy (non-hydrogen) atoms. The molecule has 1 aromatic rings. The minimum atomic E-state index is -3.20. The molecule has 0 saturated heterocycles. The standard InChI is InChI=1S/C12H15AsFO4S/c1-4-18-12(15)8(2)9-5-6-10(11(14)7-9)13-19(3,16)17/h5-8H,4H2,1-3H3. The Labute approximate surface area is 117 Å². The minimum absolute atomic E-state index is 0.193. The Morgan fingerprint density at radius 1 is 1.47 bits per heavy atom. The molecule has 0 amide bonds. The summed E-state index contributed by atoms with van der Waals surface area (Å²) in [5.41, 5.74) is 0.481. The molecule has 1 aromatic carbocycles. The van der Waals surface area contributed by atoms with Crippen LogP contribution >= 0.6 is 0 Å². The predicted octanol–water partition coefficient (Wildman–Crippen LogP) is 0.781. The van der Waals surface area contributed by atoms with Crippen molar-refractivity contribution in [2.24, 2.45) is 0 Å². The third-order valence-corrected chi connectivity index (χ3v) is 6.99. The van der Waals surface area contributed by atoms with E-state index in [1.54, 1.807) is 19.9 Å². The summed E-state index contributed by atoms with van der Waals surface area (Å²) in [6.45, 7) is 3.59. The first-order chi connectivity index (χ1) is 8.74. The first kappa shape index (κ1) is 16.2. The van der Waals surface area contributed by atoms with Crippen LogP contribution in [0.15, 0.2) is 18.2 Å². The molecule has 1 rings (SSSR count). The molecule has 0 aromatic heterocycles. The summed E-state index contributed by atoms with van der Waals surface area (Å²) in [5.74, 6) is -1.58. The molecule has 1 unspecified atom stereocenters. The Kier molecular flexibility index (Phi) is 5.56. The summed E-state index contributed by atoms with van der Waals surface area (Å²) >= 11 is -1.26. The van der Waals surface area contributed by atoms with Gasteiger partial charge in [0.2, 0.25) is 0 Å². The second-order valence-electron chi connectivity index (χ2n) is 4.01. The van der Waals surface area contributed by atoms with Crippen LogP contribution in [0.2, 0.25) is 0 Å². The number of halogens is 1. The van der Waals surface area contributed by atoms with E-state index in [1.807, 2.05) is 0 Å². The molecule has 0 aliphatic heterocycles. The van der Waals surface area contributed by atoms with E-state index in [-0.39, 0.29) is 11.0 Å². The third kappa shape index (κ3) is 4.95. The second kappa shape index (κ2) is 6.53. The third-order valence-electron chi connectivity index (χ3n) is 2.38. The fraction of sp³-hybridized carbons (Fsp3) is 0.417.